The molecule has 0 saturated carbocycles. The predicted octanol–water partition coefficient (Wildman–Crippen LogP) is 0.541. The van der Waals surface area contributed by atoms with Crippen LogP contribution >= 0.6 is 0 Å². The maximum atomic E-state index is 11.8. The van der Waals surface area contributed by atoms with Crippen LogP contribution in [-0.2, 0) is 14.3 Å². The molecule has 7 nitrogen and oxygen atoms in total. The minimum atomic E-state index is -1.13. The smallest absolute Gasteiger partial charge is 0.334 e. The minimum Gasteiger partial charge on any atom is -0.491 e. The number of nitrogens with one attached hydrogen (secondary N) is 1. The van der Waals surface area contributed by atoms with Gasteiger partial charge in [-0.2, -0.15) is 0 Å². The number of rotatable bonds is 9. The van der Waals surface area contributed by atoms with E-state index in [4.69, 9.17) is 19.3 Å². The van der Waals surface area contributed by atoms with Crippen molar-refractivity contribution >= 4 is 11.9 Å². The molecular weight excluding hydrogens is 278 g/mol. The number of hydrogen-bond acceptors (Lipinski definition) is 5. The fourth-order valence-corrected chi connectivity index (χ4v) is 1.50. The Hall–Kier alpha value is -2.12. The van der Waals surface area contributed by atoms with Gasteiger partial charge in [-0.05, 0) is 24.3 Å². The Morgan fingerprint density at radius 2 is 1.86 bits per heavy atom. The van der Waals surface area contributed by atoms with Gasteiger partial charge in [0.25, 0.3) is 5.91 Å². The SMILES string of the molecule is COCCOc1ccc(C(=O)NCC(OC)C(=O)O)cc1. The fraction of sp³-hybridized carbons (Fsp3) is 0.429. The quantitative estimate of drug-likeness (QED) is 0.646. The second kappa shape index (κ2) is 8.93. The van der Waals surface area contributed by atoms with E-state index in [9.17, 15) is 9.59 Å². The summed E-state index contributed by atoms with van der Waals surface area (Å²) in [5.41, 5.74) is 0.411. The number of carboxylic acid groups (broad SMARTS) is 1. The third kappa shape index (κ3) is 5.80. The van der Waals surface area contributed by atoms with Crippen LogP contribution in [0.4, 0.5) is 0 Å². The second-order valence-electron chi connectivity index (χ2n) is 4.14. The van der Waals surface area contributed by atoms with Crippen molar-refractivity contribution in [2.45, 2.75) is 6.10 Å². The van der Waals surface area contributed by atoms with E-state index in [1.165, 1.54) is 7.11 Å². The van der Waals surface area contributed by atoms with Gasteiger partial charge in [0.2, 0.25) is 0 Å². The Balaban J connectivity index is 2.49. The first-order valence-electron chi connectivity index (χ1n) is 6.34. The van der Waals surface area contributed by atoms with E-state index < -0.39 is 12.1 Å². The van der Waals surface area contributed by atoms with Crippen molar-refractivity contribution < 1.29 is 28.9 Å². The average Bonchev–Trinajstić information content (AvgIpc) is 2.48. The van der Waals surface area contributed by atoms with Crippen LogP contribution in [0, 0.1) is 0 Å². The van der Waals surface area contributed by atoms with Crippen LogP contribution in [0.15, 0.2) is 24.3 Å². The van der Waals surface area contributed by atoms with Crippen LogP contribution in [0.1, 0.15) is 10.4 Å². The summed E-state index contributed by atoms with van der Waals surface area (Å²) in [6.07, 6.45) is -1.06. The highest BCUT2D eigenvalue weighted by Gasteiger charge is 2.17. The number of carbonyl (C=O) groups is 2. The summed E-state index contributed by atoms with van der Waals surface area (Å²) >= 11 is 0. The lowest BCUT2D eigenvalue weighted by Crippen LogP contribution is -2.37. The molecule has 1 rings (SSSR count). The Kier molecular flexibility index (Phi) is 7.20. The molecule has 0 spiro atoms. The zero-order chi connectivity index (χ0) is 15.7. The maximum absolute atomic E-state index is 11.8. The normalized spacial score (nSPS) is 11.7. The summed E-state index contributed by atoms with van der Waals surface area (Å²) in [5.74, 6) is -0.870. The first-order chi connectivity index (χ1) is 10.1. The summed E-state index contributed by atoms with van der Waals surface area (Å²) in [6, 6.07) is 6.52. The molecule has 0 aliphatic heterocycles. The molecular formula is C14H19NO6. The third-order valence-electron chi connectivity index (χ3n) is 2.68. The molecule has 0 radical (unpaired) electrons. The van der Waals surface area contributed by atoms with Gasteiger partial charge in [0.15, 0.2) is 6.10 Å². The molecule has 0 saturated heterocycles. The number of ether oxygens (including phenoxy) is 3. The highest BCUT2D eigenvalue weighted by molar-refractivity contribution is 5.94. The van der Waals surface area contributed by atoms with E-state index in [-0.39, 0.29) is 12.5 Å². The molecule has 21 heavy (non-hydrogen) atoms. The molecule has 1 atom stereocenters. The molecule has 0 aliphatic carbocycles. The van der Waals surface area contributed by atoms with Gasteiger partial charge < -0.3 is 24.6 Å². The van der Waals surface area contributed by atoms with Gasteiger partial charge >= 0.3 is 5.97 Å². The Morgan fingerprint density at radius 3 is 2.38 bits per heavy atom. The fourth-order valence-electron chi connectivity index (χ4n) is 1.50. The average molecular weight is 297 g/mol. The molecule has 1 unspecified atom stereocenters. The molecule has 0 fully saturated rings. The molecule has 1 aromatic rings. The number of hydrogen-bond donors (Lipinski definition) is 2. The van der Waals surface area contributed by atoms with Crippen LogP contribution < -0.4 is 10.1 Å². The van der Waals surface area contributed by atoms with Gasteiger partial charge in [-0.15, -0.1) is 0 Å². The van der Waals surface area contributed by atoms with Crippen molar-refractivity contribution in [3.05, 3.63) is 29.8 Å². The highest BCUT2D eigenvalue weighted by atomic mass is 16.5. The van der Waals surface area contributed by atoms with Crippen LogP contribution in [0.2, 0.25) is 0 Å². The number of carboxylic acids is 1. The van der Waals surface area contributed by atoms with E-state index in [0.29, 0.717) is 24.5 Å². The molecule has 0 aliphatic rings. The van der Waals surface area contributed by atoms with Crippen molar-refractivity contribution in [2.24, 2.45) is 0 Å². The van der Waals surface area contributed by atoms with E-state index in [1.807, 2.05) is 0 Å². The molecule has 0 heterocycles. The van der Waals surface area contributed by atoms with Crippen LogP contribution in [0.5, 0.6) is 5.75 Å². The molecule has 1 aromatic carbocycles. The molecule has 2 N–H and O–H groups in total. The minimum absolute atomic E-state index is 0.100. The summed E-state index contributed by atoms with van der Waals surface area (Å²) in [4.78, 5) is 22.6. The summed E-state index contributed by atoms with van der Waals surface area (Å²) in [5, 5.41) is 11.3. The number of amides is 1. The molecule has 0 bridgehead atoms. The standard InChI is InChI=1S/C14H19NO6/c1-19-7-8-21-11-5-3-10(4-6-11)13(16)15-9-12(20-2)14(17)18/h3-6,12H,7-9H2,1-2H3,(H,15,16)(H,17,18). The third-order valence-corrected chi connectivity index (χ3v) is 2.68. The lowest BCUT2D eigenvalue weighted by atomic mass is 10.2. The van der Waals surface area contributed by atoms with Crippen LogP contribution in [0.3, 0.4) is 0 Å². The number of carbonyl (C=O) groups excluding carboxylic acids is 1. The maximum Gasteiger partial charge on any atom is 0.334 e. The summed E-state index contributed by atoms with van der Waals surface area (Å²) in [7, 11) is 2.86. The molecule has 7 heteroatoms. The summed E-state index contributed by atoms with van der Waals surface area (Å²) in [6.45, 7) is 0.808. The van der Waals surface area contributed by atoms with Crippen molar-refractivity contribution in [1.82, 2.24) is 5.32 Å². The second-order valence-corrected chi connectivity index (χ2v) is 4.14. The zero-order valence-electron chi connectivity index (χ0n) is 12.0. The first-order valence-corrected chi connectivity index (χ1v) is 6.34. The Labute approximate surface area is 122 Å². The predicted molar refractivity (Wildman–Crippen MR) is 74.6 cm³/mol. The van der Waals surface area contributed by atoms with Gasteiger partial charge in [-0.3, -0.25) is 4.79 Å². The molecule has 116 valence electrons. The van der Waals surface area contributed by atoms with Crippen molar-refractivity contribution in [3.8, 4) is 5.75 Å². The zero-order valence-corrected chi connectivity index (χ0v) is 12.0. The number of methoxy groups -OCH3 is 2. The van der Waals surface area contributed by atoms with Crippen LogP contribution in [-0.4, -0.2) is 57.1 Å². The largest absolute Gasteiger partial charge is 0.491 e. The van der Waals surface area contributed by atoms with Gasteiger partial charge in [0, 0.05) is 19.8 Å². The van der Waals surface area contributed by atoms with Crippen molar-refractivity contribution in [2.75, 3.05) is 34.0 Å². The van der Waals surface area contributed by atoms with E-state index in [2.05, 4.69) is 5.32 Å². The van der Waals surface area contributed by atoms with E-state index >= 15 is 0 Å². The van der Waals surface area contributed by atoms with Gasteiger partial charge in [-0.1, -0.05) is 0 Å². The van der Waals surface area contributed by atoms with Crippen molar-refractivity contribution in [1.29, 1.82) is 0 Å². The lowest BCUT2D eigenvalue weighted by Gasteiger charge is -2.12. The lowest BCUT2D eigenvalue weighted by molar-refractivity contribution is -0.148. The van der Waals surface area contributed by atoms with Gasteiger partial charge in [0.05, 0.1) is 13.2 Å². The molecule has 0 aromatic heterocycles. The Morgan fingerprint density at radius 1 is 1.19 bits per heavy atom. The topological polar surface area (TPSA) is 94.1 Å². The molecule has 1 amide bonds. The van der Waals surface area contributed by atoms with Crippen molar-refractivity contribution in [3.63, 3.8) is 0 Å². The van der Waals surface area contributed by atoms with E-state index in [1.54, 1.807) is 31.4 Å². The first kappa shape index (κ1) is 16.9. The van der Waals surface area contributed by atoms with Gasteiger partial charge in [0.1, 0.15) is 12.4 Å². The number of aliphatic carboxylic acids is 1. The number of benzene rings is 1. The van der Waals surface area contributed by atoms with Gasteiger partial charge in [-0.25, -0.2) is 4.79 Å². The van der Waals surface area contributed by atoms with Crippen LogP contribution in [0.25, 0.3) is 0 Å². The highest BCUT2D eigenvalue weighted by Crippen LogP contribution is 2.12. The summed E-state index contributed by atoms with van der Waals surface area (Å²) < 4.78 is 15.0. The van der Waals surface area contributed by atoms with E-state index in [0.717, 1.165) is 0 Å². The monoisotopic (exact) mass is 297 g/mol. The Bertz CT molecular complexity index is 459.